The Morgan fingerprint density at radius 1 is 1.25 bits per heavy atom. The second-order valence-corrected chi connectivity index (χ2v) is 4.42. The van der Waals surface area contributed by atoms with Crippen molar-refractivity contribution in [3.63, 3.8) is 0 Å². The monoisotopic (exact) mass is 286 g/mol. The Morgan fingerprint density at radius 2 is 2.00 bits per heavy atom. The van der Waals surface area contributed by atoms with Crippen LogP contribution in [0.5, 0.6) is 0 Å². The van der Waals surface area contributed by atoms with Gasteiger partial charge in [0, 0.05) is 5.02 Å². The third kappa shape index (κ3) is 3.74. The van der Waals surface area contributed by atoms with E-state index in [-0.39, 0.29) is 6.61 Å². The third-order valence-corrected chi connectivity index (χ3v) is 2.79. The molecular formula is C15H11ClN2O2. The molecule has 5 heteroatoms. The molecule has 1 amide bonds. The zero-order valence-electron chi connectivity index (χ0n) is 10.5. The van der Waals surface area contributed by atoms with E-state index in [4.69, 9.17) is 21.6 Å². The average molecular weight is 287 g/mol. The lowest BCUT2D eigenvalue weighted by molar-refractivity contribution is 0.155. The van der Waals surface area contributed by atoms with E-state index in [2.05, 4.69) is 5.32 Å². The number of rotatable bonds is 3. The van der Waals surface area contributed by atoms with Crippen LogP contribution in [0.2, 0.25) is 5.02 Å². The zero-order valence-corrected chi connectivity index (χ0v) is 11.2. The average Bonchev–Trinajstić information content (AvgIpc) is 2.46. The number of nitrogens with zero attached hydrogens (tertiary/aromatic N) is 1. The maximum Gasteiger partial charge on any atom is 0.411 e. The van der Waals surface area contributed by atoms with Crippen LogP contribution >= 0.6 is 11.6 Å². The molecule has 0 saturated carbocycles. The Hall–Kier alpha value is -2.51. The summed E-state index contributed by atoms with van der Waals surface area (Å²) in [5.74, 6) is 0. The molecule has 0 atom stereocenters. The Labute approximate surface area is 121 Å². The van der Waals surface area contributed by atoms with E-state index < -0.39 is 6.09 Å². The molecule has 20 heavy (non-hydrogen) atoms. The molecule has 0 aliphatic rings. The van der Waals surface area contributed by atoms with Crippen molar-refractivity contribution in [2.45, 2.75) is 6.61 Å². The normalized spacial score (nSPS) is 9.60. The molecule has 2 aromatic carbocycles. The fraction of sp³-hybridized carbons (Fsp3) is 0.0667. The van der Waals surface area contributed by atoms with Gasteiger partial charge in [-0.25, -0.2) is 4.79 Å². The minimum Gasteiger partial charge on any atom is -0.444 e. The van der Waals surface area contributed by atoms with Gasteiger partial charge < -0.3 is 4.74 Å². The van der Waals surface area contributed by atoms with Gasteiger partial charge in [-0.2, -0.15) is 5.26 Å². The Kier molecular flexibility index (Phi) is 4.59. The van der Waals surface area contributed by atoms with Crippen molar-refractivity contribution < 1.29 is 9.53 Å². The lowest BCUT2D eigenvalue weighted by atomic mass is 10.2. The number of nitrogens with one attached hydrogen (secondary N) is 1. The first-order valence-corrected chi connectivity index (χ1v) is 6.24. The van der Waals surface area contributed by atoms with Crippen LogP contribution in [0.1, 0.15) is 11.1 Å². The molecule has 0 aliphatic carbocycles. The quantitative estimate of drug-likeness (QED) is 0.929. The minimum absolute atomic E-state index is 0.162. The van der Waals surface area contributed by atoms with Crippen LogP contribution in [0.3, 0.4) is 0 Å². The number of ether oxygens (including phenoxy) is 1. The molecule has 4 nitrogen and oxygen atoms in total. The number of hydrogen-bond acceptors (Lipinski definition) is 3. The summed E-state index contributed by atoms with van der Waals surface area (Å²) in [6, 6.07) is 15.9. The van der Waals surface area contributed by atoms with Gasteiger partial charge in [0.25, 0.3) is 0 Å². The SMILES string of the molecule is N#Cc1ccc(Cl)cc1NC(=O)OCc1ccccc1. The highest BCUT2D eigenvalue weighted by molar-refractivity contribution is 6.31. The number of halogens is 1. The number of carbonyl (C=O) groups is 1. The molecule has 1 N–H and O–H groups in total. The van der Waals surface area contributed by atoms with Gasteiger partial charge in [0.15, 0.2) is 0 Å². The van der Waals surface area contributed by atoms with Crippen molar-refractivity contribution in [2.24, 2.45) is 0 Å². The van der Waals surface area contributed by atoms with Crippen molar-refractivity contribution in [2.75, 3.05) is 5.32 Å². The summed E-state index contributed by atoms with van der Waals surface area (Å²) in [6.45, 7) is 0.162. The van der Waals surface area contributed by atoms with Crippen LogP contribution < -0.4 is 5.32 Å². The van der Waals surface area contributed by atoms with E-state index in [0.29, 0.717) is 16.3 Å². The standard InChI is InChI=1S/C15H11ClN2O2/c16-13-7-6-12(9-17)14(8-13)18-15(19)20-10-11-4-2-1-3-5-11/h1-8H,10H2,(H,18,19). The molecule has 0 unspecified atom stereocenters. The van der Waals surface area contributed by atoms with E-state index in [1.54, 1.807) is 6.07 Å². The highest BCUT2D eigenvalue weighted by Gasteiger charge is 2.08. The van der Waals surface area contributed by atoms with E-state index in [1.165, 1.54) is 12.1 Å². The summed E-state index contributed by atoms with van der Waals surface area (Å²) < 4.78 is 5.07. The predicted octanol–water partition coefficient (Wildman–Crippen LogP) is 3.96. The summed E-state index contributed by atoms with van der Waals surface area (Å²) in [5, 5.41) is 11.9. The lowest BCUT2D eigenvalue weighted by Crippen LogP contribution is -2.14. The molecule has 2 rings (SSSR count). The van der Waals surface area contributed by atoms with Crippen molar-refractivity contribution in [3.8, 4) is 6.07 Å². The van der Waals surface area contributed by atoms with E-state index >= 15 is 0 Å². The Bertz CT molecular complexity index is 651. The molecule has 0 fully saturated rings. The van der Waals surface area contributed by atoms with Gasteiger partial charge in [-0.3, -0.25) is 5.32 Å². The zero-order chi connectivity index (χ0) is 14.4. The van der Waals surface area contributed by atoms with Gasteiger partial charge in [0.05, 0.1) is 11.3 Å². The summed E-state index contributed by atoms with van der Waals surface area (Å²) in [4.78, 5) is 11.7. The summed E-state index contributed by atoms with van der Waals surface area (Å²) in [7, 11) is 0. The van der Waals surface area contributed by atoms with E-state index in [1.807, 2.05) is 36.4 Å². The van der Waals surface area contributed by atoms with Gasteiger partial charge in [0.1, 0.15) is 12.7 Å². The number of benzene rings is 2. The topological polar surface area (TPSA) is 62.1 Å². The third-order valence-electron chi connectivity index (χ3n) is 2.55. The smallest absolute Gasteiger partial charge is 0.411 e. The maximum absolute atomic E-state index is 11.7. The number of hydrogen-bond donors (Lipinski definition) is 1. The first-order chi connectivity index (χ1) is 9.69. The van der Waals surface area contributed by atoms with Crippen molar-refractivity contribution in [1.82, 2.24) is 0 Å². The number of nitriles is 1. The summed E-state index contributed by atoms with van der Waals surface area (Å²) >= 11 is 5.83. The largest absolute Gasteiger partial charge is 0.444 e. The van der Waals surface area contributed by atoms with Gasteiger partial charge >= 0.3 is 6.09 Å². The minimum atomic E-state index is -0.632. The molecule has 0 bridgehead atoms. The molecule has 100 valence electrons. The van der Waals surface area contributed by atoms with Gasteiger partial charge in [-0.15, -0.1) is 0 Å². The van der Waals surface area contributed by atoms with Gasteiger partial charge in [-0.05, 0) is 23.8 Å². The van der Waals surface area contributed by atoms with E-state index in [9.17, 15) is 4.79 Å². The second kappa shape index (κ2) is 6.60. The molecule has 0 aliphatic heterocycles. The van der Waals surface area contributed by atoms with Crippen LogP contribution in [-0.2, 0) is 11.3 Å². The van der Waals surface area contributed by atoms with Crippen LogP contribution in [0.4, 0.5) is 10.5 Å². The van der Waals surface area contributed by atoms with Gasteiger partial charge in [-0.1, -0.05) is 41.9 Å². The second-order valence-electron chi connectivity index (χ2n) is 3.99. The van der Waals surface area contributed by atoms with Crippen molar-refractivity contribution >= 4 is 23.4 Å². The molecule has 0 aromatic heterocycles. The van der Waals surface area contributed by atoms with Crippen LogP contribution in [0.15, 0.2) is 48.5 Å². The van der Waals surface area contributed by atoms with Crippen LogP contribution in [0.25, 0.3) is 0 Å². The fourth-order valence-electron chi connectivity index (χ4n) is 1.59. The predicted molar refractivity (Wildman–Crippen MR) is 76.4 cm³/mol. The highest BCUT2D eigenvalue weighted by atomic mass is 35.5. The molecule has 0 radical (unpaired) electrons. The van der Waals surface area contributed by atoms with Gasteiger partial charge in [0.2, 0.25) is 0 Å². The van der Waals surface area contributed by atoms with Crippen molar-refractivity contribution in [1.29, 1.82) is 5.26 Å². The Balaban J connectivity index is 1.98. The molecule has 0 heterocycles. The molecule has 0 spiro atoms. The number of amides is 1. The maximum atomic E-state index is 11.7. The number of anilines is 1. The first-order valence-electron chi connectivity index (χ1n) is 5.86. The molecule has 0 saturated heterocycles. The highest BCUT2D eigenvalue weighted by Crippen LogP contribution is 2.20. The molecular weight excluding hydrogens is 276 g/mol. The Morgan fingerprint density at radius 3 is 2.70 bits per heavy atom. The molecule has 2 aromatic rings. The van der Waals surface area contributed by atoms with Crippen LogP contribution in [0, 0.1) is 11.3 Å². The first kappa shape index (κ1) is 13.9. The van der Waals surface area contributed by atoms with Crippen LogP contribution in [-0.4, -0.2) is 6.09 Å². The lowest BCUT2D eigenvalue weighted by Gasteiger charge is -2.08. The fourth-order valence-corrected chi connectivity index (χ4v) is 1.76. The summed E-state index contributed by atoms with van der Waals surface area (Å²) in [6.07, 6.45) is -0.632. The van der Waals surface area contributed by atoms with Crippen molar-refractivity contribution in [3.05, 3.63) is 64.7 Å². The van der Waals surface area contributed by atoms with E-state index in [0.717, 1.165) is 5.56 Å². The number of carbonyl (C=O) groups excluding carboxylic acids is 1. The summed E-state index contributed by atoms with van der Waals surface area (Å²) in [5.41, 5.74) is 1.54.